The Balaban J connectivity index is 3.42. The van der Waals surface area contributed by atoms with Crippen LogP contribution in [0.3, 0.4) is 0 Å². The van der Waals surface area contributed by atoms with E-state index in [0.717, 1.165) is 24.8 Å². The van der Waals surface area contributed by atoms with Crippen molar-refractivity contribution in [2.45, 2.75) is 104 Å². The van der Waals surface area contributed by atoms with Crippen molar-refractivity contribution in [2.24, 2.45) is 5.73 Å². The number of ether oxygens (including phenoxy) is 1. The van der Waals surface area contributed by atoms with E-state index >= 15 is 0 Å². The fraction of sp³-hybridized carbons (Fsp3) is 0.630. The average Bonchev–Trinajstić information content (AvgIpc) is 2.78. The summed E-state index contributed by atoms with van der Waals surface area (Å²) in [6.07, 6.45) is 1.65. The number of alkyl carbamates (subject to hydrolysis) is 1. The second kappa shape index (κ2) is 14.5. The molecule has 0 aliphatic rings. The first-order valence-electron chi connectivity index (χ1n) is 12.8. The van der Waals surface area contributed by atoms with Gasteiger partial charge in [-0.1, -0.05) is 44.5 Å². The molecule has 1 aromatic rings. The number of hydrogen-bond donors (Lipinski definition) is 3. The molecule has 0 radical (unpaired) electrons. The maximum Gasteiger partial charge on any atom is 0.408 e. The number of amides is 4. The van der Waals surface area contributed by atoms with Crippen molar-refractivity contribution in [2.75, 3.05) is 6.54 Å². The van der Waals surface area contributed by atoms with E-state index in [4.69, 9.17) is 10.5 Å². The van der Waals surface area contributed by atoms with Crippen LogP contribution in [0.5, 0.6) is 0 Å². The Morgan fingerprint density at radius 2 is 1.67 bits per heavy atom. The minimum absolute atomic E-state index is 0.0183. The van der Waals surface area contributed by atoms with E-state index in [1.807, 2.05) is 52.0 Å². The summed E-state index contributed by atoms with van der Waals surface area (Å²) in [6, 6.07) is 5.17. The number of carbonyl (C=O) groups excluding carboxylic acids is 4. The van der Waals surface area contributed by atoms with Gasteiger partial charge in [0, 0.05) is 19.0 Å². The van der Waals surface area contributed by atoms with E-state index < -0.39 is 35.6 Å². The molecule has 0 fully saturated rings. The highest BCUT2D eigenvalue weighted by Crippen LogP contribution is 2.26. The third kappa shape index (κ3) is 10.3. The van der Waals surface area contributed by atoms with Gasteiger partial charge in [-0.15, -0.1) is 0 Å². The molecule has 2 atom stereocenters. The third-order valence-electron chi connectivity index (χ3n) is 5.54. The number of unbranched alkanes of at least 4 members (excludes halogenated alkanes) is 1. The fourth-order valence-corrected chi connectivity index (χ4v) is 3.71. The quantitative estimate of drug-likeness (QED) is 0.353. The molecule has 2 unspecified atom stereocenters. The highest BCUT2D eigenvalue weighted by atomic mass is 16.6. The number of carbonyl (C=O) groups is 4. The summed E-state index contributed by atoms with van der Waals surface area (Å²) < 4.78 is 5.33. The molecular formula is C27H44N4O5. The molecule has 36 heavy (non-hydrogen) atoms. The van der Waals surface area contributed by atoms with Crippen molar-refractivity contribution < 1.29 is 23.9 Å². The first-order valence-corrected chi connectivity index (χ1v) is 12.8. The molecule has 202 valence electrons. The second-order valence-corrected chi connectivity index (χ2v) is 10.2. The van der Waals surface area contributed by atoms with E-state index in [1.165, 1.54) is 4.90 Å². The lowest BCUT2D eigenvalue weighted by Crippen LogP contribution is -2.55. The van der Waals surface area contributed by atoms with Crippen LogP contribution in [0, 0.1) is 0 Å². The van der Waals surface area contributed by atoms with E-state index in [2.05, 4.69) is 10.6 Å². The highest BCUT2D eigenvalue weighted by molar-refractivity contribution is 5.92. The lowest BCUT2D eigenvalue weighted by molar-refractivity contribution is -0.144. The van der Waals surface area contributed by atoms with Gasteiger partial charge >= 0.3 is 6.09 Å². The van der Waals surface area contributed by atoms with E-state index in [0.29, 0.717) is 12.1 Å². The van der Waals surface area contributed by atoms with E-state index in [1.54, 1.807) is 20.8 Å². The molecule has 0 aliphatic carbocycles. The molecular weight excluding hydrogens is 460 g/mol. The van der Waals surface area contributed by atoms with Crippen LogP contribution in [-0.4, -0.2) is 52.9 Å². The first kappa shape index (κ1) is 30.9. The van der Waals surface area contributed by atoms with Crippen molar-refractivity contribution >= 4 is 23.8 Å². The molecule has 1 aromatic carbocycles. The van der Waals surface area contributed by atoms with Crippen LogP contribution >= 0.6 is 0 Å². The number of benzene rings is 1. The molecule has 0 aromatic heterocycles. The van der Waals surface area contributed by atoms with E-state index in [-0.39, 0.29) is 24.8 Å². The standard InChI is InChI=1S/C27H44N4O5/c1-8-10-17-29-24(33)23(20-13-11-19(9-2)12-14-20)31(18(3)4)25(34)21(15-16-22(28)32)30-26(35)36-27(5,6)7/h11-14,18,21,23H,8-10,15-17H2,1-7H3,(H2,28,32)(H,29,33)(H,30,35). The van der Waals surface area contributed by atoms with Crippen LogP contribution in [0.2, 0.25) is 0 Å². The molecule has 0 saturated heterocycles. The molecule has 1 rings (SSSR count). The van der Waals surface area contributed by atoms with Crippen LogP contribution in [0.25, 0.3) is 0 Å². The lowest BCUT2D eigenvalue weighted by atomic mass is 9.98. The van der Waals surface area contributed by atoms with Crippen molar-refractivity contribution in [1.82, 2.24) is 15.5 Å². The van der Waals surface area contributed by atoms with Crippen LogP contribution < -0.4 is 16.4 Å². The average molecular weight is 505 g/mol. The monoisotopic (exact) mass is 504 g/mol. The summed E-state index contributed by atoms with van der Waals surface area (Å²) in [7, 11) is 0. The summed E-state index contributed by atoms with van der Waals surface area (Å²) in [5.41, 5.74) is 6.33. The van der Waals surface area contributed by atoms with Crippen LogP contribution in [0.15, 0.2) is 24.3 Å². The lowest BCUT2D eigenvalue weighted by Gasteiger charge is -2.37. The van der Waals surface area contributed by atoms with Gasteiger partial charge in [0.25, 0.3) is 0 Å². The zero-order valence-corrected chi connectivity index (χ0v) is 22.8. The topological polar surface area (TPSA) is 131 Å². The van der Waals surface area contributed by atoms with Crippen molar-refractivity contribution in [3.63, 3.8) is 0 Å². The van der Waals surface area contributed by atoms with Crippen molar-refractivity contribution in [3.8, 4) is 0 Å². The van der Waals surface area contributed by atoms with Crippen LogP contribution in [0.4, 0.5) is 4.79 Å². The van der Waals surface area contributed by atoms with Gasteiger partial charge in [0.1, 0.15) is 17.7 Å². The Morgan fingerprint density at radius 3 is 2.14 bits per heavy atom. The minimum atomic E-state index is -1.10. The highest BCUT2D eigenvalue weighted by Gasteiger charge is 2.37. The largest absolute Gasteiger partial charge is 0.444 e. The molecule has 0 aliphatic heterocycles. The third-order valence-corrected chi connectivity index (χ3v) is 5.54. The maximum absolute atomic E-state index is 13.9. The van der Waals surface area contributed by atoms with Gasteiger partial charge in [0.15, 0.2) is 0 Å². The number of nitrogens with two attached hydrogens (primary N) is 1. The molecule has 0 heterocycles. The van der Waals surface area contributed by atoms with Gasteiger partial charge in [-0.25, -0.2) is 4.79 Å². The Bertz CT molecular complexity index is 877. The van der Waals surface area contributed by atoms with Crippen LogP contribution in [-0.2, 0) is 25.5 Å². The number of hydrogen-bond acceptors (Lipinski definition) is 5. The molecule has 9 nitrogen and oxygen atoms in total. The zero-order chi connectivity index (χ0) is 27.5. The number of nitrogens with zero attached hydrogens (tertiary/aromatic N) is 1. The Labute approximate surface area is 215 Å². The number of rotatable bonds is 13. The zero-order valence-electron chi connectivity index (χ0n) is 22.8. The molecule has 0 spiro atoms. The smallest absolute Gasteiger partial charge is 0.408 e. The SMILES string of the molecule is CCCCNC(=O)C(c1ccc(CC)cc1)N(C(=O)C(CCC(N)=O)NC(=O)OC(C)(C)C)C(C)C. The fourth-order valence-electron chi connectivity index (χ4n) is 3.71. The summed E-state index contributed by atoms with van der Waals surface area (Å²) in [6.45, 7) is 13.3. The van der Waals surface area contributed by atoms with Crippen molar-refractivity contribution in [3.05, 3.63) is 35.4 Å². The molecule has 0 saturated carbocycles. The summed E-state index contributed by atoms with van der Waals surface area (Å²) in [5, 5.41) is 5.53. The second-order valence-electron chi connectivity index (χ2n) is 10.2. The molecule has 4 N–H and O–H groups in total. The first-order chi connectivity index (χ1) is 16.8. The van der Waals surface area contributed by atoms with Gasteiger partial charge in [0.05, 0.1) is 0 Å². The number of nitrogens with one attached hydrogen (secondary N) is 2. The molecule has 4 amide bonds. The van der Waals surface area contributed by atoms with Gasteiger partial charge in [-0.3, -0.25) is 14.4 Å². The normalized spacial score (nSPS) is 13.0. The Hall–Kier alpha value is -3.10. The molecule has 9 heteroatoms. The minimum Gasteiger partial charge on any atom is -0.444 e. The van der Waals surface area contributed by atoms with E-state index in [9.17, 15) is 19.2 Å². The predicted octanol–water partition coefficient (Wildman–Crippen LogP) is 3.60. The van der Waals surface area contributed by atoms with Gasteiger partial charge in [-0.2, -0.15) is 0 Å². The van der Waals surface area contributed by atoms with Crippen molar-refractivity contribution in [1.29, 1.82) is 0 Å². The summed E-state index contributed by atoms with van der Waals surface area (Å²) in [4.78, 5) is 52.8. The number of primary amides is 1. The van der Waals surface area contributed by atoms with Gasteiger partial charge in [-0.05, 0) is 65.0 Å². The number of aryl methyl sites for hydroxylation is 1. The Morgan fingerprint density at radius 1 is 1.06 bits per heavy atom. The molecule has 0 bridgehead atoms. The van der Waals surface area contributed by atoms with Crippen LogP contribution in [0.1, 0.15) is 91.3 Å². The predicted molar refractivity (Wildman–Crippen MR) is 140 cm³/mol. The summed E-state index contributed by atoms with van der Waals surface area (Å²) in [5.74, 6) is -1.40. The van der Waals surface area contributed by atoms with Gasteiger partial charge in [0.2, 0.25) is 17.7 Å². The summed E-state index contributed by atoms with van der Waals surface area (Å²) >= 11 is 0. The maximum atomic E-state index is 13.9. The Kier molecular flexibility index (Phi) is 12.4. The van der Waals surface area contributed by atoms with Gasteiger partial charge < -0.3 is 26.0 Å².